The van der Waals surface area contributed by atoms with E-state index in [1.54, 1.807) is 30.3 Å². The molecule has 0 fully saturated rings. The molecule has 0 spiro atoms. The normalized spacial score (nSPS) is 10.5. The Kier molecular flexibility index (Phi) is 1.74. The highest BCUT2D eigenvalue weighted by Gasteiger charge is 2.03. The van der Waals surface area contributed by atoms with Crippen LogP contribution in [0.5, 0.6) is 0 Å². The van der Waals surface area contributed by atoms with E-state index >= 15 is 0 Å². The van der Waals surface area contributed by atoms with Crippen molar-refractivity contribution in [2.45, 2.75) is 0 Å². The zero-order valence-corrected chi connectivity index (χ0v) is 6.90. The van der Waals surface area contributed by atoms with Gasteiger partial charge in [-0.15, -0.1) is 0 Å². The van der Waals surface area contributed by atoms with E-state index in [4.69, 9.17) is 11.6 Å². The van der Waals surface area contributed by atoms with Gasteiger partial charge in [0.05, 0.1) is 5.02 Å². The molecule has 0 saturated heterocycles. The molecule has 0 aromatic heterocycles. The molecule has 2 aromatic rings. The van der Waals surface area contributed by atoms with Crippen LogP contribution in [0.3, 0.4) is 0 Å². The van der Waals surface area contributed by atoms with Gasteiger partial charge in [-0.05, 0) is 23.6 Å². The topological polar surface area (TPSA) is 0 Å². The first-order valence-corrected chi connectivity index (χ1v) is 3.90. The molecule has 0 heterocycles. The average Bonchev–Trinajstić information content (AvgIpc) is 2.12. The Bertz CT molecular complexity index is 423. The molecule has 0 N–H and O–H groups in total. The lowest BCUT2D eigenvalue weighted by atomic mass is 10.1. The van der Waals surface area contributed by atoms with E-state index in [1.165, 1.54) is 0 Å². The third-order valence-corrected chi connectivity index (χ3v) is 2.04. The number of hydrogen-bond acceptors (Lipinski definition) is 0. The molecule has 0 aliphatic carbocycles. The lowest BCUT2D eigenvalue weighted by molar-refractivity contribution is 0.640. The second-order valence-electron chi connectivity index (χ2n) is 2.51. The summed E-state index contributed by atoms with van der Waals surface area (Å²) >= 11 is 5.60. The fraction of sp³-hybridized carbons (Fsp3) is 0. The quantitative estimate of drug-likeness (QED) is 0.581. The molecule has 0 atom stereocenters. The Labute approximate surface area is 74.6 Å². The Morgan fingerprint density at radius 1 is 1.25 bits per heavy atom. The van der Waals surface area contributed by atoms with Gasteiger partial charge >= 0.3 is 0 Å². The number of fused-ring (bicyclic) bond motifs is 1. The van der Waals surface area contributed by atoms with Gasteiger partial charge in [0.1, 0.15) is 5.82 Å². The predicted octanol–water partition coefficient (Wildman–Crippen LogP) is 3.43. The van der Waals surface area contributed by atoms with Gasteiger partial charge < -0.3 is 0 Å². The molecule has 0 nitrogen and oxygen atoms in total. The summed E-state index contributed by atoms with van der Waals surface area (Å²) in [6.07, 6.45) is 0. The molecule has 2 aromatic carbocycles. The van der Waals surface area contributed by atoms with E-state index in [0.29, 0.717) is 5.39 Å². The Balaban J connectivity index is 2.91. The maximum Gasteiger partial charge on any atom is 0.149 e. The third kappa shape index (κ3) is 1.07. The van der Waals surface area contributed by atoms with E-state index < -0.39 is 0 Å². The van der Waals surface area contributed by atoms with Crippen LogP contribution in [0.1, 0.15) is 0 Å². The molecule has 59 valence electrons. The molecule has 2 rings (SSSR count). The fourth-order valence-electron chi connectivity index (χ4n) is 1.15. The van der Waals surface area contributed by atoms with Gasteiger partial charge in [-0.2, -0.15) is 0 Å². The largest absolute Gasteiger partial charge is 0.205 e. The van der Waals surface area contributed by atoms with Crippen molar-refractivity contribution in [1.29, 1.82) is 0 Å². The van der Waals surface area contributed by atoms with Crippen LogP contribution in [-0.2, 0) is 0 Å². The van der Waals surface area contributed by atoms with Crippen molar-refractivity contribution in [3.8, 4) is 0 Å². The second-order valence-corrected chi connectivity index (χ2v) is 2.92. The van der Waals surface area contributed by atoms with Crippen LogP contribution < -0.4 is 0 Å². The molecule has 2 heteroatoms. The van der Waals surface area contributed by atoms with E-state index in [2.05, 4.69) is 6.07 Å². The zero-order valence-electron chi connectivity index (χ0n) is 6.14. The first kappa shape index (κ1) is 7.56. The summed E-state index contributed by atoms with van der Waals surface area (Å²) < 4.78 is 13.3. The predicted molar refractivity (Wildman–Crippen MR) is 47.8 cm³/mol. The van der Waals surface area contributed by atoms with Crippen LogP contribution in [0.15, 0.2) is 30.3 Å². The first-order chi connectivity index (χ1) is 5.79. The van der Waals surface area contributed by atoms with Gasteiger partial charge in [0, 0.05) is 5.39 Å². The molecule has 0 unspecified atom stereocenters. The van der Waals surface area contributed by atoms with E-state index in [9.17, 15) is 4.39 Å². The van der Waals surface area contributed by atoms with Gasteiger partial charge in [0.25, 0.3) is 0 Å². The minimum Gasteiger partial charge on any atom is -0.205 e. The van der Waals surface area contributed by atoms with Crippen molar-refractivity contribution in [3.05, 3.63) is 47.2 Å². The molecule has 0 amide bonds. The van der Waals surface area contributed by atoms with Crippen LogP contribution in [0.2, 0.25) is 5.02 Å². The van der Waals surface area contributed by atoms with Gasteiger partial charge in [0.2, 0.25) is 0 Å². The lowest BCUT2D eigenvalue weighted by Gasteiger charge is -1.99. The summed E-state index contributed by atoms with van der Waals surface area (Å²) in [7, 11) is 0. The molecule has 12 heavy (non-hydrogen) atoms. The molecule has 0 saturated carbocycles. The third-order valence-electron chi connectivity index (χ3n) is 1.75. The van der Waals surface area contributed by atoms with Gasteiger partial charge in [-0.1, -0.05) is 29.8 Å². The highest BCUT2D eigenvalue weighted by atomic mass is 35.5. The summed E-state index contributed by atoms with van der Waals surface area (Å²) in [6, 6.07) is 11.3. The summed E-state index contributed by atoms with van der Waals surface area (Å²) in [4.78, 5) is 0. The van der Waals surface area contributed by atoms with Gasteiger partial charge in [0.15, 0.2) is 0 Å². The molecule has 0 bridgehead atoms. The molecular formula is C10H5ClF. The van der Waals surface area contributed by atoms with E-state index in [-0.39, 0.29) is 10.8 Å². The first-order valence-electron chi connectivity index (χ1n) is 3.53. The van der Waals surface area contributed by atoms with Crippen molar-refractivity contribution < 1.29 is 4.39 Å². The standard InChI is InChI=1S/C10H5ClF/c11-9-6-5-7-3-1-2-4-8(7)10(9)12/h2-6H. The lowest BCUT2D eigenvalue weighted by Crippen LogP contribution is -1.79. The Morgan fingerprint density at radius 2 is 2.08 bits per heavy atom. The van der Waals surface area contributed by atoms with Crippen molar-refractivity contribution in [3.63, 3.8) is 0 Å². The number of hydrogen-bond donors (Lipinski definition) is 0. The average molecular weight is 180 g/mol. The SMILES string of the molecule is Fc1c(Cl)ccc2c[c]ccc12. The maximum absolute atomic E-state index is 13.3. The zero-order chi connectivity index (χ0) is 8.55. The highest BCUT2D eigenvalue weighted by molar-refractivity contribution is 6.31. The molecule has 0 aliphatic rings. The molecular weight excluding hydrogens is 175 g/mol. The maximum atomic E-state index is 13.3. The Hall–Kier alpha value is -1.08. The van der Waals surface area contributed by atoms with Crippen LogP contribution in [-0.4, -0.2) is 0 Å². The number of benzene rings is 2. The van der Waals surface area contributed by atoms with Crippen LogP contribution in [0.4, 0.5) is 4.39 Å². The van der Waals surface area contributed by atoms with Crippen molar-refractivity contribution in [2.24, 2.45) is 0 Å². The summed E-state index contributed by atoms with van der Waals surface area (Å²) in [5, 5.41) is 1.52. The van der Waals surface area contributed by atoms with Crippen molar-refractivity contribution >= 4 is 22.4 Å². The fourth-order valence-corrected chi connectivity index (χ4v) is 1.31. The summed E-state index contributed by atoms with van der Waals surface area (Å²) in [6.45, 7) is 0. The monoisotopic (exact) mass is 179 g/mol. The van der Waals surface area contributed by atoms with Gasteiger partial charge in [-0.3, -0.25) is 0 Å². The van der Waals surface area contributed by atoms with Crippen molar-refractivity contribution in [1.82, 2.24) is 0 Å². The van der Waals surface area contributed by atoms with Gasteiger partial charge in [-0.25, -0.2) is 4.39 Å². The number of halogens is 2. The van der Waals surface area contributed by atoms with E-state index in [1.807, 2.05) is 0 Å². The summed E-state index contributed by atoms with van der Waals surface area (Å²) in [5.41, 5.74) is 0. The molecule has 1 radical (unpaired) electrons. The van der Waals surface area contributed by atoms with Crippen molar-refractivity contribution in [2.75, 3.05) is 0 Å². The second kappa shape index (κ2) is 2.76. The smallest absolute Gasteiger partial charge is 0.149 e. The highest BCUT2D eigenvalue weighted by Crippen LogP contribution is 2.23. The van der Waals surface area contributed by atoms with E-state index in [0.717, 1.165) is 5.39 Å². The minimum atomic E-state index is -0.358. The molecule has 0 aliphatic heterocycles. The number of rotatable bonds is 0. The minimum absolute atomic E-state index is 0.161. The van der Waals surface area contributed by atoms with Crippen LogP contribution >= 0.6 is 11.6 Å². The van der Waals surface area contributed by atoms with Crippen LogP contribution in [0, 0.1) is 11.9 Å². The van der Waals surface area contributed by atoms with Crippen LogP contribution in [0.25, 0.3) is 10.8 Å². The Morgan fingerprint density at radius 3 is 2.92 bits per heavy atom. The summed E-state index contributed by atoms with van der Waals surface area (Å²) in [5.74, 6) is -0.358.